The van der Waals surface area contributed by atoms with Gasteiger partial charge in [-0.3, -0.25) is 9.59 Å². The zero-order valence-corrected chi connectivity index (χ0v) is 18.2. The van der Waals surface area contributed by atoms with Crippen LogP contribution < -0.4 is 15.8 Å². The van der Waals surface area contributed by atoms with E-state index in [4.69, 9.17) is 10.5 Å². The molecule has 4 rings (SSSR count). The van der Waals surface area contributed by atoms with Crippen molar-refractivity contribution in [3.8, 4) is 5.75 Å². The number of nitrogens with one attached hydrogen (secondary N) is 1. The summed E-state index contributed by atoms with van der Waals surface area (Å²) in [5.74, 6) is -0.160. The number of amidine groups is 1. The summed E-state index contributed by atoms with van der Waals surface area (Å²) in [7, 11) is 0. The fraction of sp³-hybridized carbons (Fsp3) is 0.0800. The van der Waals surface area contributed by atoms with Gasteiger partial charge in [0, 0.05) is 5.56 Å². The van der Waals surface area contributed by atoms with Crippen LogP contribution in [0.2, 0.25) is 0 Å². The molecule has 0 bridgehead atoms. The van der Waals surface area contributed by atoms with E-state index in [1.165, 1.54) is 17.3 Å². The molecule has 0 saturated carbocycles. The molecule has 0 atom stereocenters. The van der Waals surface area contributed by atoms with E-state index in [0.29, 0.717) is 33.7 Å². The van der Waals surface area contributed by atoms with Crippen molar-refractivity contribution in [1.29, 1.82) is 0 Å². The Hall–Kier alpha value is -3.84. The second-order valence-corrected chi connectivity index (χ2v) is 8.21. The number of hydrogen-bond acceptors (Lipinski definition) is 5. The first-order chi connectivity index (χ1) is 15.5. The zero-order valence-electron chi connectivity index (χ0n) is 17.4. The molecule has 0 aliphatic carbocycles. The second kappa shape index (κ2) is 9.53. The first-order valence-electron chi connectivity index (χ1n) is 9.95. The number of thioether (sulfide) groups is 1. The largest absolute Gasteiger partial charge is 0.488 e. The molecule has 7 heteroatoms. The molecular formula is C25H21N3O3S. The number of ether oxygens (including phenoxy) is 1. The predicted molar refractivity (Wildman–Crippen MR) is 128 cm³/mol. The van der Waals surface area contributed by atoms with E-state index in [9.17, 15) is 9.59 Å². The molecule has 0 aromatic heterocycles. The molecule has 160 valence electrons. The minimum atomic E-state index is -0.574. The van der Waals surface area contributed by atoms with Crippen LogP contribution in [0.3, 0.4) is 0 Å². The Balaban J connectivity index is 1.54. The Morgan fingerprint density at radius 3 is 2.56 bits per heavy atom. The number of amides is 2. The standard InChI is InChI=1S/C25H21N3O3S/c1-16-10-12-17(13-11-16)15-31-21-9-5-2-6-18(21)14-22-24(30)28-25(32-22)27-20-8-4-3-7-19(20)23(26)29/h2-14H,15H2,1H3,(H2,26,29)(H,27,28,30)/b22-14-. The van der Waals surface area contributed by atoms with Crippen LogP contribution in [0, 0.1) is 6.92 Å². The second-order valence-electron chi connectivity index (χ2n) is 7.18. The van der Waals surface area contributed by atoms with Crippen LogP contribution >= 0.6 is 11.8 Å². The van der Waals surface area contributed by atoms with Crippen LogP contribution in [0.25, 0.3) is 6.08 Å². The minimum absolute atomic E-state index is 0.265. The highest BCUT2D eigenvalue weighted by Crippen LogP contribution is 2.31. The molecule has 1 saturated heterocycles. The average molecular weight is 444 g/mol. The minimum Gasteiger partial charge on any atom is -0.488 e. The maximum atomic E-state index is 12.5. The van der Waals surface area contributed by atoms with Gasteiger partial charge in [0.05, 0.1) is 16.2 Å². The highest BCUT2D eigenvalue weighted by molar-refractivity contribution is 8.18. The fourth-order valence-electron chi connectivity index (χ4n) is 3.09. The molecule has 2 amide bonds. The van der Waals surface area contributed by atoms with Crippen molar-refractivity contribution in [1.82, 2.24) is 5.32 Å². The summed E-state index contributed by atoms with van der Waals surface area (Å²) in [6.07, 6.45) is 1.77. The van der Waals surface area contributed by atoms with Gasteiger partial charge < -0.3 is 15.8 Å². The zero-order chi connectivity index (χ0) is 22.5. The summed E-state index contributed by atoms with van der Waals surface area (Å²) in [5.41, 5.74) is 9.16. The first kappa shape index (κ1) is 21.4. The molecule has 32 heavy (non-hydrogen) atoms. The van der Waals surface area contributed by atoms with E-state index in [0.717, 1.165) is 11.1 Å². The van der Waals surface area contributed by atoms with E-state index in [-0.39, 0.29) is 5.91 Å². The topological polar surface area (TPSA) is 93.8 Å². The van der Waals surface area contributed by atoms with Crippen molar-refractivity contribution in [2.45, 2.75) is 13.5 Å². The quantitative estimate of drug-likeness (QED) is 0.546. The molecule has 0 unspecified atom stereocenters. The van der Waals surface area contributed by atoms with E-state index >= 15 is 0 Å². The maximum Gasteiger partial charge on any atom is 0.264 e. The van der Waals surface area contributed by atoms with Crippen LogP contribution in [0.1, 0.15) is 27.0 Å². The number of carbonyl (C=O) groups excluding carboxylic acids is 2. The number of nitrogens with zero attached hydrogens (tertiary/aromatic N) is 1. The number of carbonyl (C=O) groups is 2. The summed E-state index contributed by atoms with van der Waals surface area (Å²) < 4.78 is 6.01. The van der Waals surface area contributed by atoms with Crippen LogP contribution in [0.4, 0.5) is 5.69 Å². The molecular weight excluding hydrogens is 422 g/mol. The Kier molecular flexibility index (Phi) is 6.37. The van der Waals surface area contributed by atoms with Gasteiger partial charge in [0.25, 0.3) is 11.8 Å². The van der Waals surface area contributed by atoms with Gasteiger partial charge in [0.1, 0.15) is 12.4 Å². The van der Waals surface area contributed by atoms with Crippen LogP contribution in [0.5, 0.6) is 5.75 Å². The van der Waals surface area contributed by atoms with Gasteiger partial charge in [0.2, 0.25) is 0 Å². The number of nitrogens with two attached hydrogens (primary N) is 1. The van der Waals surface area contributed by atoms with Gasteiger partial charge in [-0.25, -0.2) is 4.99 Å². The van der Waals surface area contributed by atoms with Crippen molar-refractivity contribution in [3.63, 3.8) is 0 Å². The highest BCUT2D eigenvalue weighted by atomic mass is 32.2. The Morgan fingerprint density at radius 1 is 1.06 bits per heavy atom. The van der Waals surface area contributed by atoms with Crippen LogP contribution in [0.15, 0.2) is 82.7 Å². The summed E-state index contributed by atoms with van der Waals surface area (Å²) in [4.78, 5) is 29.0. The van der Waals surface area contributed by atoms with Crippen LogP contribution in [-0.4, -0.2) is 17.0 Å². The van der Waals surface area contributed by atoms with Crippen molar-refractivity contribution in [3.05, 3.63) is 100.0 Å². The number of rotatable bonds is 6. The molecule has 0 radical (unpaired) electrons. The molecule has 3 aromatic carbocycles. The van der Waals surface area contributed by atoms with E-state index in [1.807, 2.05) is 55.5 Å². The van der Waals surface area contributed by atoms with E-state index in [1.54, 1.807) is 30.3 Å². The molecule has 0 spiro atoms. The normalized spacial score (nSPS) is 15.7. The molecule has 1 fully saturated rings. The maximum absolute atomic E-state index is 12.5. The number of aliphatic imine (C=N–C) groups is 1. The van der Waals surface area contributed by atoms with Gasteiger partial charge in [0.15, 0.2) is 5.17 Å². The third-order valence-corrected chi connectivity index (χ3v) is 5.67. The number of benzene rings is 3. The highest BCUT2D eigenvalue weighted by Gasteiger charge is 2.24. The average Bonchev–Trinajstić information content (AvgIpc) is 3.13. The summed E-state index contributed by atoms with van der Waals surface area (Å²) in [6.45, 7) is 2.47. The summed E-state index contributed by atoms with van der Waals surface area (Å²) >= 11 is 1.20. The number of primary amides is 1. The van der Waals surface area contributed by atoms with Crippen molar-refractivity contribution < 1.29 is 14.3 Å². The lowest BCUT2D eigenvalue weighted by atomic mass is 10.1. The smallest absolute Gasteiger partial charge is 0.264 e. The lowest BCUT2D eigenvalue weighted by Crippen LogP contribution is -2.19. The molecule has 1 heterocycles. The van der Waals surface area contributed by atoms with E-state index in [2.05, 4.69) is 10.3 Å². The monoisotopic (exact) mass is 443 g/mol. The predicted octanol–water partition coefficient (Wildman–Crippen LogP) is 4.56. The molecule has 1 aliphatic rings. The van der Waals surface area contributed by atoms with Crippen molar-refractivity contribution in [2.75, 3.05) is 0 Å². The summed E-state index contributed by atoms with van der Waals surface area (Å²) in [5, 5.41) is 3.12. The third-order valence-electron chi connectivity index (χ3n) is 4.76. The summed E-state index contributed by atoms with van der Waals surface area (Å²) in [6, 6.07) is 22.4. The molecule has 1 aliphatic heterocycles. The van der Waals surface area contributed by atoms with Crippen molar-refractivity contribution in [2.24, 2.45) is 10.7 Å². The van der Waals surface area contributed by atoms with Crippen LogP contribution in [-0.2, 0) is 11.4 Å². The molecule has 3 N–H and O–H groups in total. The lowest BCUT2D eigenvalue weighted by molar-refractivity contribution is -0.115. The number of hydrogen-bond donors (Lipinski definition) is 2. The SMILES string of the molecule is Cc1ccc(COc2ccccc2/C=C2\SC(=Nc3ccccc3C(N)=O)NC2=O)cc1. The Bertz CT molecular complexity index is 1230. The third kappa shape index (κ3) is 5.07. The van der Waals surface area contributed by atoms with E-state index < -0.39 is 5.91 Å². The molecule has 6 nitrogen and oxygen atoms in total. The lowest BCUT2D eigenvalue weighted by Gasteiger charge is -2.10. The van der Waals surface area contributed by atoms with Gasteiger partial charge in [-0.15, -0.1) is 0 Å². The van der Waals surface area contributed by atoms with Crippen molar-refractivity contribution >= 4 is 40.5 Å². The molecule has 3 aromatic rings. The van der Waals surface area contributed by atoms with Gasteiger partial charge in [-0.1, -0.05) is 60.2 Å². The van der Waals surface area contributed by atoms with Gasteiger partial charge in [-0.2, -0.15) is 0 Å². The first-order valence-corrected chi connectivity index (χ1v) is 10.8. The van der Waals surface area contributed by atoms with Gasteiger partial charge >= 0.3 is 0 Å². The number of aryl methyl sites for hydroxylation is 1. The Labute approximate surface area is 190 Å². The number of para-hydroxylation sites is 2. The van der Waals surface area contributed by atoms with Gasteiger partial charge in [-0.05, 0) is 48.5 Å². The Morgan fingerprint density at radius 2 is 1.78 bits per heavy atom. The fourth-order valence-corrected chi connectivity index (χ4v) is 3.91.